The molecule has 0 bridgehead atoms. The Balaban J connectivity index is 1.28. The summed E-state index contributed by atoms with van der Waals surface area (Å²) in [4.78, 5) is 26.7. The SMILES string of the molecule is Cn1nc(C(C)(C)C)cc1NC(=O)Nc1ccc(OC2CCN(C(=O)c3ccccc3C(F)(F)F)CC2)cc1. The first kappa shape index (κ1) is 28.0. The van der Waals surface area contributed by atoms with Gasteiger partial charge in [-0.3, -0.25) is 14.8 Å². The second kappa shape index (κ2) is 11.0. The molecule has 0 radical (unpaired) electrons. The maximum Gasteiger partial charge on any atom is 0.417 e. The van der Waals surface area contributed by atoms with Crippen LogP contribution in [-0.2, 0) is 18.6 Å². The highest BCUT2D eigenvalue weighted by molar-refractivity contribution is 5.99. The number of alkyl halides is 3. The Kier molecular flexibility index (Phi) is 7.89. The standard InChI is InChI=1S/C28H32F3N5O3/c1-27(2,3)23-17-24(35(4)34-23)33-26(38)32-18-9-11-19(12-10-18)39-20-13-15-36(16-14-20)25(37)21-7-5-6-8-22(21)28(29,30)31/h5-12,17,20H,13-16H2,1-4H3,(H2,32,33,38). The van der Waals surface area contributed by atoms with E-state index in [-0.39, 0.29) is 17.1 Å². The average molecular weight is 544 g/mol. The molecule has 0 unspecified atom stereocenters. The van der Waals surface area contributed by atoms with Gasteiger partial charge in [0.05, 0.1) is 16.8 Å². The molecule has 1 saturated heterocycles. The molecule has 8 nitrogen and oxygen atoms in total. The van der Waals surface area contributed by atoms with Gasteiger partial charge < -0.3 is 15.0 Å². The van der Waals surface area contributed by atoms with E-state index in [9.17, 15) is 22.8 Å². The molecule has 0 spiro atoms. The quantitative estimate of drug-likeness (QED) is 0.409. The lowest BCUT2D eigenvalue weighted by molar-refractivity contribution is -0.138. The van der Waals surface area contributed by atoms with E-state index in [0.717, 1.165) is 11.8 Å². The molecule has 2 N–H and O–H groups in total. The van der Waals surface area contributed by atoms with Gasteiger partial charge in [-0.25, -0.2) is 4.79 Å². The number of aromatic nitrogens is 2. The smallest absolute Gasteiger partial charge is 0.417 e. The minimum atomic E-state index is -4.59. The van der Waals surface area contributed by atoms with Gasteiger partial charge in [0.15, 0.2) is 0 Å². The van der Waals surface area contributed by atoms with Crippen molar-refractivity contribution in [3.05, 3.63) is 71.4 Å². The molecule has 1 aromatic heterocycles. The third-order valence-electron chi connectivity index (χ3n) is 6.50. The van der Waals surface area contributed by atoms with Gasteiger partial charge in [-0.1, -0.05) is 32.9 Å². The van der Waals surface area contributed by atoms with Crippen molar-refractivity contribution in [3.8, 4) is 5.75 Å². The van der Waals surface area contributed by atoms with E-state index in [1.165, 1.54) is 23.1 Å². The van der Waals surface area contributed by atoms with Crippen molar-refractivity contribution in [1.29, 1.82) is 0 Å². The highest BCUT2D eigenvalue weighted by atomic mass is 19.4. The molecule has 208 valence electrons. The number of rotatable bonds is 5. The fourth-order valence-corrected chi connectivity index (χ4v) is 4.30. The van der Waals surface area contributed by atoms with E-state index >= 15 is 0 Å². The Morgan fingerprint density at radius 3 is 2.21 bits per heavy atom. The molecule has 3 aromatic rings. The van der Waals surface area contributed by atoms with Gasteiger partial charge in [-0.2, -0.15) is 18.3 Å². The van der Waals surface area contributed by atoms with Gasteiger partial charge in [0.25, 0.3) is 5.91 Å². The summed E-state index contributed by atoms with van der Waals surface area (Å²) in [5.41, 5.74) is 0.0273. The van der Waals surface area contributed by atoms with Gasteiger partial charge in [-0.05, 0) is 36.4 Å². The lowest BCUT2D eigenvalue weighted by atomic mass is 9.92. The fourth-order valence-electron chi connectivity index (χ4n) is 4.30. The van der Waals surface area contributed by atoms with Crippen LogP contribution in [0.5, 0.6) is 5.75 Å². The topological polar surface area (TPSA) is 88.5 Å². The average Bonchev–Trinajstić information content (AvgIpc) is 3.25. The summed E-state index contributed by atoms with van der Waals surface area (Å²) in [6.07, 6.45) is -3.80. The predicted molar refractivity (Wildman–Crippen MR) is 142 cm³/mol. The molecule has 0 aliphatic carbocycles. The van der Waals surface area contributed by atoms with Gasteiger partial charge in [0.2, 0.25) is 0 Å². The van der Waals surface area contributed by atoms with Crippen LogP contribution in [0.1, 0.15) is 55.2 Å². The van der Waals surface area contributed by atoms with E-state index < -0.39 is 23.7 Å². The zero-order valence-electron chi connectivity index (χ0n) is 22.3. The van der Waals surface area contributed by atoms with E-state index in [0.29, 0.717) is 43.2 Å². The maximum atomic E-state index is 13.3. The summed E-state index contributed by atoms with van der Waals surface area (Å²) < 4.78 is 47.6. The Morgan fingerprint density at radius 2 is 1.62 bits per heavy atom. The number of carbonyl (C=O) groups excluding carboxylic acids is 2. The number of urea groups is 1. The first-order valence-electron chi connectivity index (χ1n) is 12.7. The number of aryl methyl sites for hydroxylation is 1. The van der Waals surface area contributed by atoms with E-state index in [1.54, 1.807) is 36.0 Å². The summed E-state index contributed by atoms with van der Waals surface area (Å²) >= 11 is 0. The molecule has 1 fully saturated rings. The van der Waals surface area contributed by atoms with Crippen molar-refractivity contribution in [2.45, 2.75) is 51.3 Å². The second-order valence-corrected chi connectivity index (χ2v) is 10.5. The minimum absolute atomic E-state index is 0.144. The number of nitrogens with one attached hydrogen (secondary N) is 2. The number of hydrogen-bond donors (Lipinski definition) is 2. The molecule has 39 heavy (non-hydrogen) atoms. The predicted octanol–water partition coefficient (Wildman–Crippen LogP) is 6.06. The van der Waals surface area contributed by atoms with Crippen LogP contribution in [0.2, 0.25) is 0 Å². The zero-order valence-corrected chi connectivity index (χ0v) is 22.3. The van der Waals surface area contributed by atoms with E-state index in [1.807, 2.05) is 26.8 Å². The van der Waals surface area contributed by atoms with E-state index in [4.69, 9.17) is 4.74 Å². The molecule has 2 heterocycles. The molecular weight excluding hydrogens is 511 g/mol. The maximum absolute atomic E-state index is 13.3. The van der Waals surface area contributed by atoms with Gasteiger partial charge in [0, 0.05) is 50.1 Å². The summed E-state index contributed by atoms with van der Waals surface area (Å²) in [6.45, 7) is 6.72. The molecule has 4 rings (SSSR count). The third kappa shape index (κ3) is 6.90. The number of amides is 3. The van der Waals surface area contributed by atoms with E-state index in [2.05, 4.69) is 15.7 Å². The highest BCUT2D eigenvalue weighted by Crippen LogP contribution is 2.33. The molecule has 3 amide bonds. The largest absolute Gasteiger partial charge is 0.490 e. The number of anilines is 2. The lowest BCUT2D eigenvalue weighted by Crippen LogP contribution is -2.42. The van der Waals surface area contributed by atoms with Crippen LogP contribution in [0, 0.1) is 0 Å². The van der Waals surface area contributed by atoms with Crippen molar-refractivity contribution < 1.29 is 27.5 Å². The highest BCUT2D eigenvalue weighted by Gasteiger charge is 2.36. The Bertz CT molecular complexity index is 1320. The van der Waals surface area contributed by atoms with Crippen LogP contribution in [-0.4, -0.2) is 45.8 Å². The van der Waals surface area contributed by atoms with Crippen LogP contribution in [0.25, 0.3) is 0 Å². The lowest BCUT2D eigenvalue weighted by Gasteiger charge is -2.32. The molecule has 2 aromatic carbocycles. The minimum Gasteiger partial charge on any atom is -0.490 e. The zero-order chi connectivity index (χ0) is 28.4. The van der Waals surface area contributed by atoms with Crippen LogP contribution >= 0.6 is 0 Å². The van der Waals surface area contributed by atoms with Crippen molar-refractivity contribution in [2.24, 2.45) is 7.05 Å². The second-order valence-electron chi connectivity index (χ2n) is 10.5. The van der Waals surface area contributed by atoms with Crippen LogP contribution < -0.4 is 15.4 Å². The van der Waals surface area contributed by atoms with Gasteiger partial charge >= 0.3 is 12.2 Å². The molecule has 1 aliphatic rings. The molecular formula is C28H32F3N5O3. The Morgan fingerprint density at radius 1 is 0.974 bits per heavy atom. The Labute approximate surface area is 225 Å². The summed E-state index contributed by atoms with van der Waals surface area (Å²) in [5.74, 6) is 0.537. The summed E-state index contributed by atoms with van der Waals surface area (Å²) in [5, 5.41) is 10.0. The van der Waals surface area contributed by atoms with Gasteiger partial charge in [0.1, 0.15) is 17.7 Å². The monoisotopic (exact) mass is 543 g/mol. The first-order valence-corrected chi connectivity index (χ1v) is 12.7. The number of likely N-dealkylation sites (tertiary alicyclic amines) is 1. The van der Waals surface area contributed by atoms with Crippen LogP contribution in [0.3, 0.4) is 0 Å². The van der Waals surface area contributed by atoms with Crippen molar-refractivity contribution in [2.75, 3.05) is 23.7 Å². The fraction of sp³-hybridized carbons (Fsp3) is 0.393. The van der Waals surface area contributed by atoms with Crippen molar-refractivity contribution in [3.63, 3.8) is 0 Å². The van der Waals surface area contributed by atoms with Crippen LogP contribution in [0.4, 0.5) is 29.5 Å². The number of piperidine rings is 1. The first-order chi connectivity index (χ1) is 18.3. The number of ether oxygens (including phenoxy) is 1. The third-order valence-corrected chi connectivity index (χ3v) is 6.50. The van der Waals surface area contributed by atoms with Crippen molar-refractivity contribution >= 4 is 23.4 Å². The number of nitrogens with zero attached hydrogens (tertiary/aromatic N) is 3. The number of benzene rings is 2. The number of carbonyl (C=O) groups is 2. The molecule has 11 heteroatoms. The summed E-state index contributed by atoms with van der Waals surface area (Å²) in [6, 6.07) is 13.2. The summed E-state index contributed by atoms with van der Waals surface area (Å²) in [7, 11) is 1.76. The van der Waals surface area contributed by atoms with Crippen LogP contribution in [0.15, 0.2) is 54.6 Å². The number of hydrogen-bond acceptors (Lipinski definition) is 4. The van der Waals surface area contributed by atoms with Crippen molar-refractivity contribution in [1.82, 2.24) is 14.7 Å². The van der Waals surface area contributed by atoms with Gasteiger partial charge in [-0.15, -0.1) is 0 Å². The Hall–Kier alpha value is -4.02. The molecule has 0 atom stereocenters. The molecule has 1 aliphatic heterocycles. The normalized spacial score (nSPS) is 14.7. The molecule has 0 saturated carbocycles. The number of halogens is 3.